The summed E-state index contributed by atoms with van der Waals surface area (Å²) in [6, 6.07) is 15.9. The summed E-state index contributed by atoms with van der Waals surface area (Å²) in [4.78, 5) is 0.248. The molecule has 1 N–H and O–H groups in total. The van der Waals surface area contributed by atoms with Gasteiger partial charge < -0.3 is 5.21 Å². The lowest BCUT2D eigenvalue weighted by Crippen LogP contribution is -2.06. The molecule has 0 aliphatic rings. The standard InChI is InChI=1S/C15H15NO3S/c1-20(18,19)14-9-7-13(8-10-14)15(16-17)11-12-5-3-2-4-6-12/h2-10,17H,11H2,1H3. The highest BCUT2D eigenvalue weighted by molar-refractivity contribution is 7.90. The van der Waals surface area contributed by atoms with Crippen LogP contribution in [-0.4, -0.2) is 25.6 Å². The van der Waals surface area contributed by atoms with Crippen LogP contribution < -0.4 is 0 Å². The summed E-state index contributed by atoms with van der Waals surface area (Å²) in [5.41, 5.74) is 2.22. The molecule has 0 bridgehead atoms. The first-order chi connectivity index (χ1) is 9.50. The van der Waals surface area contributed by atoms with Crippen molar-refractivity contribution in [3.05, 3.63) is 65.7 Å². The van der Waals surface area contributed by atoms with E-state index in [0.717, 1.165) is 11.8 Å². The fourth-order valence-electron chi connectivity index (χ4n) is 1.88. The van der Waals surface area contributed by atoms with Gasteiger partial charge in [0.15, 0.2) is 9.84 Å². The minimum absolute atomic E-state index is 0.248. The number of oxime groups is 1. The first-order valence-corrected chi connectivity index (χ1v) is 7.95. The van der Waals surface area contributed by atoms with Crippen molar-refractivity contribution in [2.75, 3.05) is 6.26 Å². The van der Waals surface area contributed by atoms with Gasteiger partial charge in [-0.2, -0.15) is 0 Å². The topological polar surface area (TPSA) is 66.7 Å². The fraction of sp³-hybridized carbons (Fsp3) is 0.133. The van der Waals surface area contributed by atoms with Gasteiger partial charge in [0.05, 0.1) is 10.6 Å². The lowest BCUT2D eigenvalue weighted by molar-refractivity contribution is 0.318. The van der Waals surface area contributed by atoms with E-state index in [-0.39, 0.29) is 4.90 Å². The summed E-state index contributed by atoms with van der Waals surface area (Å²) in [5, 5.41) is 12.5. The van der Waals surface area contributed by atoms with Gasteiger partial charge in [-0.3, -0.25) is 0 Å². The van der Waals surface area contributed by atoms with Crippen molar-refractivity contribution in [1.29, 1.82) is 0 Å². The Labute approximate surface area is 118 Å². The predicted molar refractivity (Wildman–Crippen MR) is 78.0 cm³/mol. The molecule has 104 valence electrons. The van der Waals surface area contributed by atoms with Crippen LogP contribution in [0.25, 0.3) is 0 Å². The number of sulfone groups is 1. The van der Waals surface area contributed by atoms with Crippen molar-refractivity contribution in [3.63, 3.8) is 0 Å². The Morgan fingerprint density at radius 1 is 1.05 bits per heavy atom. The Balaban J connectivity index is 2.25. The van der Waals surface area contributed by atoms with Crippen molar-refractivity contribution in [1.82, 2.24) is 0 Å². The van der Waals surface area contributed by atoms with Crippen molar-refractivity contribution < 1.29 is 13.6 Å². The normalized spacial score (nSPS) is 12.3. The third-order valence-electron chi connectivity index (χ3n) is 2.95. The molecular formula is C15H15NO3S. The summed E-state index contributed by atoms with van der Waals surface area (Å²) in [6.07, 6.45) is 1.64. The molecule has 0 unspecified atom stereocenters. The van der Waals surface area contributed by atoms with Crippen LogP contribution in [0.2, 0.25) is 0 Å². The molecule has 5 heteroatoms. The highest BCUT2D eigenvalue weighted by Crippen LogP contribution is 2.13. The monoisotopic (exact) mass is 289 g/mol. The average Bonchev–Trinajstić information content (AvgIpc) is 2.45. The zero-order valence-electron chi connectivity index (χ0n) is 11.0. The van der Waals surface area contributed by atoms with E-state index >= 15 is 0 Å². The van der Waals surface area contributed by atoms with Gasteiger partial charge in [0.1, 0.15) is 0 Å². The van der Waals surface area contributed by atoms with Gasteiger partial charge in [-0.1, -0.05) is 47.6 Å². The van der Waals surface area contributed by atoms with Crippen LogP contribution in [0.15, 0.2) is 64.6 Å². The van der Waals surface area contributed by atoms with Crippen LogP contribution >= 0.6 is 0 Å². The molecular weight excluding hydrogens is 274 g/mol. The van der Waals surface area contributed by atoms with E-state index in [1.807, 2.05) is 30.3 Å². The summed E-state index contributed by atoms with van der Waals surface area (Å²) in [6.45, 7) is 0. The number of hydrogen-bond acceptors (Lipinski definition) is 4. The number of nitrogens with zero attached hydrogens (tertiary/aromatic N) is 1. The number of rotatable bonds is 4. The maximum atomic E-state index is 11.4. The molecule has 0 saturated carbocycles. The fourth-order valence-corrected chi connectivity index (χ4v) is 2.51. The van der Waals surface area contributed by atoms with Gasteiger partial charge in [0.2, 0.25) is 0 Å². The van der Waals surface area contributed by atoms with Crippen LogP contribution in [0, 0.1) is 0 Å². The molecule has 0 saturated heterocycles. The summed E-state index contributed by atoms with van der Waals surface area (Å²) in [7, 11) is -3.21. The smallest absolute Gasteiger partial charge is 0.175 e. The molecule has 20 heavy (non-hydrogen) atoms. The highest BCUT2D eigenvalue weighted by atomic mass is 32.2. The van der Waals surface area contributed by atoms with Gasteiger partial charge in [-0.05, 0) is 23.3 Å². The molecule has 4 nitrogen and oxygen atoms in total. The minimum atomic E-state index is -3.21. The Morgan fingerprint density at radius 2 is 1.65 bits per heavy atom. The second kappa shape index (κ2) is 5.88. The Morgan fingerprint density at radius 3 is 2.15 bits per heavy atom. The zero-order chi connectivity index (χ0) is 14.6. The molecule has 0 radical (unpaired) electrons. The largest absolute Gasteiger partial charge is 0.411 e. The number of benzene rings is 2. The van der Waals surface area contributed by atoms with E-state index in [2.05, 4.69) is 5.16 Å². The van der Waals surface area contributed by atoms with Crippen molar-refractivity contribution in [3.8, 4) is 0 Å². The minimum Gasteiger partial charge on any atom is -0.411 e. The zero-order valence-corrected chi connectivity index (χ0v) is 11.8. The summed E-state index contributed by atoms with van der Waals surface area (Å²) < 4.78 is 22.8. The first kappa shape index (κ1) is 14.3. The molecule has 0 atom stereocenters. The van der Waals surface area contributed by atoms with Gasteiger partial charge in [-0.15, -0.1) is 0 Å². The third kappa shape index (κ3) is 3.45. The van der Waals surface area contributed by atoms with Crippen LogP contribution in [0.4, 0.5) is 0 Å². The Hall–Kier alpha value is -2.14. The molecule has 0 aliphatic heterocycles. The predicted octanol–water partition coefficient (Wildman–Crippen LogP) is 2.51. The average molecular weight is 289 g/mol. The van der Waals surface area contributed by atoms with Crippen LogP contribution in [0.5, 0.6) is 0 Å². The third-order valence-corrected chi connectivity index (χ3v) is 4.08. The quantitative estimate of drug-likeness (QED) is 0.534. The van der Waals surface area contributed by atoms with E-state index in [1.54, 1.807) is 12.1 Å². The maximum Gasteiger partial charge on any atom is 0.175 e. The van der Waals surface area contributed by atoms with Crippen LogP contribution in [0.3, 0.4) is 0 Å². The molecule has 2 aromatic carbocycles. The molecule has 0 heterocycles. The summed E-state index contributed by atoms with van der Waals surface area (Å²) >= 11 is 0. The van der Waals surface area contributed by atoms with E-state index in [4.69, 9.17) is 5.21 Å². The second-order valence-corrected chi connectivity index (χ2v) is 6.52. The molecule has 0 aliphatic carbocycles. The molecule has 0 aromatic heterocycles. The van der Waals surface area contributed by atoms with Gasteiger partial charge in [-0.25, -0.2) is 8.42 Å². The van der Waals surface area contributed by atoms with Crippen molar-refractivity contribution in [2.24, 2.45) is 5.16 Å². The number of hydrogen-bond donors (Lipinski definition) is 1. The van der Waals surface area contributed by atoms with E-state index in [9.17, 15) is 8.42 Å². The van der Waals surface area contributed by atoms with Gasteiger partial charge in [0, 0.05) is 12.7 Å². The van der Waals surface area contributed by atoms with E-state index < -0.39 is 9.84 Å². The Kier molecular flexibility index (Phi) is 4.20. The Bertz CT molecular complexity index is 705. The maximum absolute atomic E-state index is 11.4. The van der Waals surface area contributed by atoms with Gasteiger partial charge in [0.25, 0.3) is 0 Å². The summed E-state index contributed by atoms with van der Waals surface area (Å²) in [5.74, 6) is 0. The SMILES string of the molecule is CS(=O)(=O)c1ccc(C(Cc2ccccc2)=NO)cc1. The molecule has 0 spiro atoms. The lowest BCUT2D eigenvalue weighted by Gasteiger charge is -2.06. The molecule has 0 amide bonds. The van der Waals surface area contributed by atoms with E-state index in [1.165, 1.54) is 12.1 Å². The van der Waals surface area contributed by atoms with Crippen LogP contribution in [-0.2, 0) is 16.3 Å². The highest BCUT2D eigenvalue weighted by Gasteiger charge is 2.09. The first-order valence-electron chi connectivity index (χ1n) is 6.06. The van der Waals surface area contributed by atoms with E-state index in [0.29, 0.717) is 17.7 Å². The van der Waals surface area contributed by atoms with Gasteiger partial charge >= 0.3 is 0 Å². The molecule has 2 rings (SSSR count). The van der Waals surface area contributed by atoms with Crippen molar-refractivity contribution in [2.45, 2.75) is 11.3 Å². The second-order valence-electron chi connectivity index (χ2n) is 4.51. The van der Waals surface area contributed by atoms with Crippen molar-refractivity contribution >= 4 is 15.5 Å². The molecule has 2 aromatic rings. The molecule has 0 fully saturated rings. The lowest BCUT2D eigenvalue weighted by atomic mass is 10.0. The van der Waals surface area contributed by atoms with Crippen LogP contribution in [0.1, 0.15) is 11.1 Å².